The normalized spacial score (nSPS) is 29.3. The van der Waals surface area contributed by atoms with Gasteiger partial charge in [-0.2, -0.15) is 0 Å². The zero-order chi connectivity index (χ0) is 17.3. The maximum absolute atomic E-state index is 14.8. The Morgan fingerprint density at radius 1 is 1.38 bits per heavy atom. The number of esters is 1. The van der Waals surface area contributed by atoms with Gasteiger partial charge in [0.1, 0.15) is 11.6 Å². The molecule has 0 heterocycles. The Bertz CT molecular complexity index is 630. The van der Waals surface area contributed by atoms with Crippen LogP contribution in [0.3, 0.4) is 0 Å². The van der Waals surface area contributed by atoms with E-state index >= 15 is 0 Å². The maximum Gasteiger partial charge on any atom is 0.311 e. The van der Waals surface area contributed by atoms with Gasteiger partial charge in [0.25, 0.3) is 0 Å². The molecule has 0 saturated heterocycles. The van der Waals surface area contributed by atoms with Crippen molar-refractivity contribution in [2.75, 3.05) is 0 Å². The van der Waals surface area contributed by atoms with Gasteiger partial charge >= 0.3 is 5.97 Å². The largest absolute Gasteiger partial charge is 0.426 e. The highest BCUT2D eigenvalue weighted by atomic mass is 19.1. The SMILES string of the molecule is CCCC(=O)Oc1cc(F)c2c(c1)[C@@]1(C)CCCCC[C@@H](C2)[C@@H]1N. The number of hydrogen-bond acceptors (Lipinski definition) is 3. The molecule has 2 bridgehead atoms. The molecule has 2 N–H and O–H groups in total. The van der Waals surface area contributed by atoms with E-state index in [9.17, 15) is 9.18 Å². The molecule has 0 amide bonds. The van der Waals surface area contributed by atoms with Gasteiger partial charge in [-0.25, -0.2) is 4.39 Å². The van der Waals surface area contributed by atoms with Crippen LogP contribution in [0, 0.1) is 11.7 Å². The van der Waals surface area contributed by atoms with Crippen LogP contribution < -0.4 is 10.5 Å². The smallest absolute Gasteiger partial charge is 0.311 e. The van der Waals surface area contributed by atoms with Crippen LogP contribution in [-0.2, 0) is 16.6 Å². The highest BCUT2D eigenvalue weighted by molar-refractivity contribution is 5.72. The molecule has 132 valence electrons. The van der Waals surface area contributed by atoms with Crippen molar-refractivity contribution in [3.8, 4) is 5.75 Å². The minimum Gasteiger partial charge on any atom is -0.426 e. The van der Waals surface area contributed by atoms with E-state index in [4.69, 9.17) is 10.5 Å². The van der Waals surface area contributed by atoms with E-state index in [0.717, 1.165) is 36.8 Å². The number of halogens is 1. The molecule has 4 heteroatoms. The summed E-state index contributed by atoms with van der Waals surface area (Å²) in [5, 5.41) is 0. The lowest BCUT2D eigenvalue weighted by atomic mass is 9.60. The summed E-state index contributed by atoms with van der Waals surface area (Å²) in [6, 6.07) is 3.27. The summed E-state index contributed by atoms with van der Waals surface area (Å²) in [5.74, 6) is 0.0950. The molecule has 0 radical (unpaired) electrons. The summed E-state index contributed by atoms with van der Waals surface area (Å²) >= 11 is 0. The summed E-state index contributed by atoms with van der Waals surface area (Å²) in [6.07, 6.45) is 7.29. The number of ether oxygens (including phenoxy) is 1. The Morgan fingerprint density at radius 2 is 2.17 bits per heavy atom. The number of carbonyl (C=O) groups excluding carboxylic acids is 1. The molecule has 1 fully saturated rings. The van der Waals surface area contributed by atoms with Crippen molar-refractivity contribution in [1.29, 1.82) is 0 Å². The monoisotopic (exact) mass is 333 g/mol. The fraction of sp³-hybridized carbons (Fsp3) is 0.650. The number of fused-ring (bicyclic) bond motifs is 4. The van der Waals surface area contributed by atoms with Gasteiger partial charge < -0.3 is 10.5 Å². The van der Waals surface area contributed by atoms with E-state index in [0.29, 0.717) is 24.5 Å². The van der Waals surface area contributed by atoms with Crippen LogP contribution >= 0.6 is 0 Å². The van der Waals surface area contributed by atoms with Gasteiger partial charge in [0, 0.05) is 23.9 Å². The Labute approximate surface area is 143 Å². The first-order valence-electron chi connectivity index (χ1n) is 9.25. The lowest BCUT2D eigenvalue weighted by Gasteiger charge is -2.47. The Morgan fingerprint density at radius 3 is 2.92 bits per heavy atom. The molecule has 0 aromatic heterocycles. The average Bonchev–Trinajstić information content (AvgIpc) is 2.52. The molecular weight excluding hydrogens is 305 g/mol. The second-order valence-electron chi connectivity index (χ2n) is 7.66. The van der Waals surface area contributed by atoms with Crippen LogP contribution in [0.15, 0.2) is 12.1 Å². The Kier molecular flexibility index (Phi) is 4.95. The molecule has 0 spiro atoms. The van der Waals surface area contributed by atoms with Crippen molar-refractivity contribution in [3.63, 3.8) is 0 Å². The predicted octanol–water partition coefficient (Wildman–Crippen LogP) is 4.25. The average molecular weight is 333 g/mol. The number of nitrogens with two attached hydrogens (primary N) is 1. The van der Waals surface area contributed by atoms with Gasteiger partial charge in [-0.3, -0.25) is 4.79 Å². The van der Waals surface area contributed by atoms with Crippen LogP contribution in [0.1, 0.15) is 69.9 Å². The molecule has 0 aliphatic heterocycles. The van der Waals surface area contributed by atoms with Crippen LogP contribution in [-0.4, -0.2) is 12.0 Å². The third-order valence-electron chi connectivity index (χ3n) is 5.95. The van der Waals surface area contributed by atoms with Crippen molar-refractivity contribution in [2.45, 2.75) is 76.7 Å². The van der Waals surface area contributed by atoms with E-state index in [2.05, 4.69) is 6.92 Å². The second-order valence-corrected chi connectivity index (χ2v) is 7.66. The van der Waals surface area contributed by atoms with Crippen LogP contribution in [0.25, 0.3) is 0 Å². The summed E-state index contributed by atoms with van der Waals surface area (Å²) in [6.45, 7) is 4.08. The molecule has 3 rings (SSSR count). The van der Waals surface area contributed by atoms with E-state index in [1.165, 1.54) is 18.9 Å². The molecule has 2 aliphatic rings. The lowest BCUT2D eigenvalue weighted by Crippen LogP contribution is -2.53. The molecule has 2 aliphatic carbocycles. The fourth-order valence-electron chi connectivity index (χ4n) is 4.52. The first-order chi connectivity index (χ1) is 11.5. The molecule has 24 heavy (non-hydrogen) atoms. The van der Waals surface area contributed by atoms with E-state index < -0.39 is 0 Å². The molecule has 3 nitrogen and oxygen atoms in total. The maximum atomic E-state index is 14.8. The predicted molar refractivity (Wildman–Crippen MR) is 92.5 cm³/mol. The fourth-order valence-corrected chi connectivity index (χ4v) is 4.52. The van der Waals surface area contributed by atoms with Crippen molar-refractivity contribution in [1.82, 2.24) is 0 Å². The Hall–Kier alpha value is -1.42. The lowest BCUT2D eigenvalue weighted by molar-refractivity contribution is -0.134. The number of rotatable bonds is 3. The highest BCUT2D eigenvalue weighted by Gasteiger charge is 2.45. The molecule has 1 aromatic rings. The third kappa shape index (κ3) is 3.08. The minimum absolute atomic E-state index is 0.0336. The van der Waals surface area contributed by atoms with Crippen LogP contribution in [0.2, 0.25) is 0 Å². The zero-order valence-corrected chi connectivity index (χ0v) is 14.7. The van der Waals surface area contributed by atoms with Gasteiger partial charge in [-0.05, 0) is 48.8 Å². The van der Waals surface area contributed by atoms with E-state index in [1.807, 2.05) is 13.0 Å². The molecular formula is C20H28FNO2. The van der Waals surface area contributed by atoms with Crippen molar-refractivity contribution >= 4 is 5.97 Å². The van der Waals surface area contributed by atoms with Crippen LogP contribution in [0.4, 0.5) is 4.39 Å². The first kappa shape index (κ1) is 17.4. The van der Waals surface area contributed by atoms with Crippen molar-refractivity contribution in [2.24, 2.45) is 11.7 Å². The highest BCUT2D eigenvalue weighted by Crippen LogP contribution is 2.47. The molecule has 1 aromatic carbocycles. The summed E-state index contributed by atoms with van der Waals surface area (Å²) in [4.78, 5) is 11.8. The van der Waals surface area contributed by atoms with Gasteiger partial charge in [0.05, 0.1) is 0 Å². The first-order valence-corrected chi connectivity index (χ1v) is 9.25. The molecule has 0 unspecified atom stereocenters. The molecule has 1 saturated carbocycles. The summed E-state index contributed by atoms with van der Waals surface area (Å²) < 4.78 is 20.1. The second kappa shape index (κ2) is 6.83. The minimum atomic E-state index is -0.308. The summed E-state index contributed by atoms with van der Waals surface area (Å²) in [7, 11) is 0. The topological polar surface area (TPSA) is 52.3 Å². The Balaban J connectivity index is 2.01. The van der Waals surface area contributed by atoms with Crippen molar-refractivity contribution in [3.05, 3.63) is 29.1 Å². The van der Waals surface area contributed by atoms with Crippen molar-refractivity contribution < 1.29 is 13.9 Å². The summed E-state index contributed by atoms with van der Waals surface area (Å²) in [5.41, 5.74) is 8.11. The van der Waals surface area contributed by atoms with Gasteiger partial charge in [-0.1, -0.05) is 33.1 Å². The van der Waals surface area contributed by atoms with Gasteiger partial charge in [0.15, 0.2) is 0 Å². The van der Waals surface area contributed by atoms with E-state index in [1.54, 1.807) is 0 Å². The number of carbonyl (C=O) groups is 1. The van der Waals surface area contributed by atoms with Crippen LogP contribution in [0.5, 0.6) is 5.75 Å². The zero-order valence-electron chi connectivity index (χ0n) is 14.7. The third-order valence-corrected chi connectivity index (χ3v) is 5.95. The number of benzene rings is 1. The van der Waals surface area contributed by atoms with Gasteiger partial charge in [-0.15, -0.1) is 0 Å². The quantitative estimate of drug-likeness (QED) is 0.664. The standard InChI is InChI=1S/C20H28FNO2/c1-3-7-18(23)24-14-11-16-15(17(21)12-14)10-13-8-5-4-6-9-20(16,2)19(13)22/h11-13,19H,3-10,22H2,1-2H3/t13-,19-,20+/m0/s1. The van der Waals surface area contributed by atoms with Gasteiger partial charge in [0.2, 0.25) is 0 Å². The van der Waals surface area contributed by atoms with E-state index in [-0.39, 0.29) is 23.2 Å². The molecule has 3 atom stereocenters. The number of hydrogen-bond donors (Lipinski definition) is 1.